The third-order valence-electron chi connectivity index (χ3n) is 7.26. The molecule has 2 atom stereocenters. The highest BCUT2D eigenvalue weighted by atomic mass is 35.5. The summed E-state index contributed by atoms with van der Waals surface area (Å²) >= 11 is 13.1. The van der Waals surface area contributed by atoms with Crippen LogP contribution in [-0.2, 0) is 0 Å². The van der Waals surface area contributed by atoms with Crippen LogP contribution in [-0.4, -0.2) is 43.5 Å². The molecular weight excluding hydrogens is 435 g/mol. The van der Waals surface area contributed by atoms with Crippen molar-refractivity contribution < 1.29 is 5.11 Å². The number of rotatable bonds is 4. The van der Waals surface area contributed by atoms with Crippen molar-refractivity contribution in [2.45, 2.75) is 44.2 Å². The van der Waals surface area contributed by atoms with Crippen LogP contribution in [0.4, 0.5) is 17.3 Å². The summed E-state index contributed by atoms with van der Waals surface area (Å²) in [5, 5.41) is 20.5. The number of nitrogens with one attached hydrogen (secondary N) is 1. The van der Waals surface area contributed by atoms with Crippen molar-refractivity contribution in [3.63, 3.8) is 0 Å². The van der Waals surface area contributed by atoms with E-state index in [1.54, 1.807) is 12.4 Å². The highest BCUT2D eigenvalue weighted by Gasteiger charge is 2.50. The van der Waals surface area contributed by atoms with Gasteiger partial charge in [-0.25, -0.2) is 14.6 Å². The molecule has 2 unspecified atom stereocenters. The average Bonchev–Trinajstić information content (AvgIpc) is 3.50. The van der Waals surface area contributed by atoms with E-state index in [0.717, 1.165) is 55.4 Å². The van der Waals surface area contributed by atoms with Gasteiger partial charge in [0.2, 0.25) is 5.95 Å². The van der Waals surface area contributed by atoms with E-state index in [2.05, 4.69) is 20.3 Å². The van der Waals surface area contributed by atoms with Crippen LogP contribution in [0.25, 0.3) is 10.9 Å². The molecule has 0 spiro atoms. The largest absolute Gasteiger partial charge is 0.389 e. The third-order valence-corrected chi connectivity index (χ3v) is 7.94. The van der Waals surface area contributed by atoms with Gasteiger partial charge in [0.25, 0.3) is 0 Å². The second-order valence-corrected chi connectivity index (χ2v) is 10.1. The Kier molecular flexibility index (Phi) is 4.39. The number of halogens is 2. The summed E-state index contributed by atoms with van der Waals surface area (Å²) in [6, 6.07) is 4.35. The first-order chi connectivity index (χ1) is 14.9. The van der Waals surface area contributed by atoms with Crippen molar-refractivity contribution in [3.8, 4) is 0 Å². The van der Waals surface area contributed by atoms with Gasteiger partial charge in [0.1, 0.15) is 0 Å². The SMILES string of the molecule is CC1(O)C2CCC1CN(c1cc3nc(Nc4cnn(C5CC5)c4Cl)ncc3cc1Cl)C2. The first kappa shape index (κ1) is 19.6. The molecule has 31 heavy (non-hydrogen) atoms. The molecule has 1 aliphatic heterocycles. The summed E-state index contributed by atoms with van der Waals surface area (Å²) < 4.78 is 1.85. The van der Waals surface area contributed by atoms with E-state index in [1.807, 2.05) is 23.7 Å². The summed E-state index contributed by atoms with van der Waals surface area (Å²) in [5.74, 6) is 1.01. The monoisotopic (exact) mass is 458 g/mol. The van der Waals surface area contributed by atoms with Gasteiger partial charge >= 0.3 is 0 Å². The number of aromatic nitrogens is 4. The number of benzene rings is 1. The highest BCUT2D eigenvalue weighted by molar-refractivity contribution is 6.34. The van der Waals surface area contributed by atoms with E-state index in [0.29, 0.717) is 27.9 Å². The van der Waals surface area contributed by atoms with E-state index in [9.17, 15) is 5.11 Å². The number of piperidine rings is 1. The average molecular weight is 459 g/mol. The van der Waals surface area contributed by atoms with Gasteiger partial charge < -0.3 is 15.3 Å². The number of fused-ring (bicyclic) bond motifs is 3. The molecular formula is C22H24Cl2N6O. The van der Waals surface area contributed by atoms with E-state index in [4.69, 9.17) is 28.2 Å². The fourth-order valence-electron chi connectivity index (χ4n) is 5.14. The number of hydrogen-bond donors (Lipinski definition) is 2. The molecule has 9 heteroatoms. The second-order valence-electron chi connectivity index (χ2n) is 9.31. The van der Waals surface area contributed by atoms with Crippen molar-refractivity contribution in [2.75, 3.05) is 23.3 Å². The van der Waals surface area contributed by atoms with Crippen molar-refractivity contribution in [3.05, 3.63) is 34.7 Å². The lowest BCUT2D eigenvalue weighted by Crippen LogP contribution is -2.52. The molecule has 7 nitrogen and oxygen atoms in total. The van der Waals surface area contributed by atoms with Crippen LogP contribution in [0.2, 0.25) is 10.2 Å². The Labute approximate surface area is 190 Å². The van der Waals surface area contributed by atoms with Gasteiger partial charge in [-0.05, 0) is 44.7 Å². The number of nitrogens with zero attached hydrogens (tertiary/aromatic N) is 5. The van der Waals surface area contributed by atoms with Crippen LogP contribution in [0.1, 0.15) is 38.6 Å². The van der Waals surface area contributed by atoms with E-state index < -0.39 is 5.60 Å². The molecule has 0 radical (unpaired) electrons. The number of hydrogen-bond acceptors (Lipinski definition) is 6. The molecule has 2 bridgehead atoms. The zero-order valence-corrected chi connectivity index (χ0v) is 18.7. The lowest BCUT2D eigenvalue weighted by molar-refractivity contribution is -0.0271. The van der Waals surface area contributed by atoms with Crippen LogP contribution in [0.5, 0.6) is 0 Å². The van der Waals surface area contributed by atoms with E-state index >= 15 is 0 Å². The molecule has 2 aromatic heterocycles. The molecule has 3 aromatic rings. The van der Waals surface area contributed by atoms with Gasteiger partial charge in [-0.3, -0.25) is 0 Å². The van der Waals surface area contributed by atoms with Crippen molar-refractivity contribution in [1.29, 1.82) is 0 Å². The maximum Gasteiger partial charge on any atom is 0.227 e. The van der Waals surface area contributed by atoms with Crippen molar-refractivity contribution in [2.24, 2.45) is 11.8 Å². The maximum absolute atomic E-state index is 10.8. The van der Waals surface area contributed by atoms with Crippen molar-refractivity contribution >= 4 is 51.4 Å². The summed E-state index contributed by atoms with van der Waals surface area (Å²) in [4.78, 5) is 11.4. The quantitative estimate of drug-likeness (QED) is 0.583. The van der Waals surface area contributed by atoms with E-state index in [1.165, 1.54) is 0 Å². The van der Waals surface area contributed by atoms with Gasteiger partial charge in [-0.2, -0.15) is 5.10 Å². The maximum atomic E-state index is 10.8. The Hall–Kier alpha value is -2.09. The predicted molar refractivity (Wildman–Crippen MR) is 122 cm³/mol. The molecule has 6 rings (SSSR count). The minimum atomic E-state index is -0.580. The minimum Gasteiger partial charge on any atom is -0.389 e. The minimum absolute atomic E-state index is 0.269. The molecule has 162 valence electrons. The fraction of sp³-hybridized carbons (Fsp3) is 0.500. The number of aliphatic hydroxyl groups is 1. The first-order valence-corrected chi connectivity index (χ1v) is 11.6. The zero-order chi connectivity index (χ0) is 21.3. The third kappa shape index (κ3) is 3.25. The Bertz CT molecular complexity index is 1160. The highest BCUT2D eigenvalue weighted by Crippen LogP contribution is 2.47. The number of anilines is 3. The van der Waals surface area contributed by atoms with Crippen LogP contribution in [0.3, 0.4) is 0 Å². The molecule has 1 aromatic carbocycles. The molecule has 3 fully saturated rings. The van der Waals surface area contributed by atoms with E-state index in [-0.39, 0.29) is 11.8 Å². The Morgan fingerprint density at radius 2 is 1.84 bits per heavy atom. The normalized spacial score (nSPS) is 27.8. The summed E-state index contributed by atoms with van der Waals surface area (Å²) in [6.07, 6.45) is 7.84. The summed E-state index contributed by atoms with van der Waals surface area (Å²) in [7, 11) is 0. The van der Waals surface area contributed by atoms with Crippen LogP contribution >= 0.6 is 23.2 Å². The molecule has 2 saturated carbocycles. The Balaban J connectivity index is 1.30. The lowest BCUT2D eigenvalue weighted by Gasteiger charge is -2.43. The Morgan fingerprint density at radius 3 is 2.55 bits per heavy atom. The fourth-order valence-corrected chi connectivity index (χ4v) is 5.71. The smallest absolute Gasteiger partial charge is 0.227 e. The zero-order valence-electron chi connectivity index (χ0n) is 17.2. The standard InChI is InChI=1S/C22H24Cl2N6O/c1-22(31)13-2-3-14(22)11-29(10-13)19-7-17-12(6-16(19)23)8-25-21(27-17)28-18-9-26-30(20(18)24)15-4-5-15/h6-9,13-15,31H,2-5,10-11H2,1H3,(H,25,27,28). The van der Waals surface area contributed by atoms with Gasteiger partial charge in [0.05, 0.1) is 39.8 Å². The molecule has 2 N–H and O–H groups in total. The van der Waals surface area contributed by atoms with Crippen LogP contribution in [0, 0.1) is 11.8 Å². The first-order valence-electron chi connectivity index (χ1n) is 10.8. The predicted octanol–water partition coefficient (Wildman–Crippen LogP) is 4.81. The lowest BCUT2D eigenvalue weighted by atomic mass is 9.82. The molecule has 0 amide bonds. The van der Waals surface area contributed by atoms with Crippen LogP contribution in [0.15, 0.2) is 24.5 Å². The van der Waals surface area contributed by atoms with Gasteiger partial charge in [-0.1, -0.05) is 23.2 Å². The molecule has 1 saturated heterocycles. The Morgan fingerprint density at radius 1 is 1.10 bits per heavy atom. The summed E-state index contributed by atoms with van der Waals surface area (Å²) in [5.41, 5.74) is 1.90. The second kappa shape index (κ2) is 6.95. The molecule has 3 aliphatic rings. The van der Waals surface area contributed by atoms with Crippen molar-refractivity contribution in [1.82, 2.24) is 19.7 Å². The molecule has 3 heterocycles. The molecule has 2 aliphatic carbocycles. The van der Waals surface area contributed by atoms with Gasteiger partial charge in [-0.15, -0.1) is 0 Å². The summed E-state index contributed by atoms with van der Waals surface area (Å²) in [6.45, 7) is 3.60. The van der Waals surface area contributed by atoms with Gasteiger partial charge in [0, 0.05) is 36.5 Å². The van der Waals surface area contributed by atoms with Gasteiger partial charge in [0.15, 0.2) is 5.15 Å². The van der Waals surface area contributed by atoms with Crippen LogP contribution < -0.4 is 10.2 Å². The topological polar surface area (TPSA) is 79.1 Å².